The van der Waals surface area contributed by atoms with Gasteiger partial charge in [0.2, 0.25) is 0 Å². The van der Waals surface area contributed by atoms with E-state index >= 15 is 0 Å². The summed E-state index contributed by atoms with van der Waals surface area (Å²) in [5.41, 5.74) is 0. The minimum atomic E-state index is 0. The molecule has 0 aliphatic heterocycles. The third-order valence-corrected chi connectivity index (χ3v) is 3.22. The first-order chi connectivity index (χ1) is 10.2. The molecule has 0 aromatic carbocycles. The number of halogens is 1. The Balaban J connectivity index is 0.00000441. The van der Waals surface area contributed by atoms with Crippen LogP contribution < -0.4 is 10.6 Å². The Hall–Kier alpha value is -0.760. The molecule has 5 nitrogen and oxygen atoms in total. The van der Waals surface area contributed by atoms with Crippen molar-refractivity contribution in [1.29, 1.82) is 0 Å². The molecule has 0 amide bonds. The van der Waals surface area contributed by atoms with E-state index in [-0.39, 0.29) is 30.6 Å². The lowest BCUT2D eigenvalue weighted by Crippen LogP contribution is -2.40. The van der Waals surface area contributed by atoms with Crippen LogP contribution in [0.5, 0.6) is 0 Å². The zero-order valence-corrected chi connectivity index (χ0v) is 16.2. The second kappa shape index (κ2) is 12.8. The molecule has 1 aromatic rings. The summed E-state index contributed by atoms with van der Waals surface area (Å²) in [6, 6.07) is 3.78. The molecular formula is C16H30IN3O2. The van der Waals surface area contributed by atoms with Crippen LogP contribution in [0.2, 0.25) is 0 Å². The van der Waals surface area contributed by atoms with Crippen LogP contribution in [0.3, 0.4) is 0 Å². The molecule has 1 rings (SSSR count). The molecule has 0 saturated heterocycles. The summed E-state index contributed by atoms with van der Waals surface area (Å²) in [6.45, 7) is 8.86. The minimum absolute atomic E-state index is 0. The molecule has 1 atom stereocenters. The van der Waals surface area contributed by atoms with E-state index in [2.05, 4.69) is 29.5 Å². The Bertz CT molecular complexity index is 394. The number of aliphatic imine (C=N–C) groups is 1. The van der Waals surface area contributed by atoms with Gasteiger partial charge < -0.3 is 20.2 Å². The van der Waals surface area contributed by atoms with Crippen molar-refractivity contribution < 1.29 is 9.52 Å². The average Bonchev–Trinajstić information content (AvgIpc) is 2.94. The van der Waals surface area contributed by atoms with Gasteiger partial charge in [0.15, 0.2) is 5.96 Å². The quantitative estimate of drug-likeness (QED) is 0.325. The van der Waals surface area contributed by atoms with E-state index in [0.29, 0.717) is 18.4 Å². The van der Waals surface area contributed by atoms with E-state index in [0.717, 1.165) is 37.7 Å². The monoisotopic (exact) mass is 423 g/mol. The number of furan rings is 1. The van der Waals surface area contributed by atoms with Gasteiger partial charge in [0, 0.05) is 19.7 Å². The number of hydrogen-bond acceptors (Lipinski definition) is 3. The highest BCUT2D eigenvalue weighted by molar-refractivity contribution is 14.0. The molecule has 3 N–H and O–H groups in total. The van der Waals surface area contributed by atoms with Crippen molar-refractivity contribution in [3.8, 4) is 0 Å². The second-order valence-corrected chi connectivity index (χ2v) is 5.66. The van der Waals surface area contributed by atoms with Gasteiger partial charge in [-0.3, -0.25) is 0 Å². The van der Waals surface area contributed by atoms with Gasteiger partial charge in [-0.05, 0) is 43.7 Å². The van der Waals surface area contributed by atoms with Crippen molar-refractivity contribution in [2.45, 2.75) is 40.2 Å². The summed E-state index contributed by atoms with van der Waals surface area (Å²) in [6.07, 6.45) is 3.58. The third-order valence-electron chi connectivity index (χ3n) is 3.22. The number of hydrogen-bond donors (Lipinski definition) is 3. The lowest BCUT2D eigenvalue weighted by Gasteiger charge is -2.20. The molecular weight excluding hydrogens is 393 g/mol. The third kappa shape index (κ3) is 9.30. The number of guanidine groups is 1. The van der Waals surface area contributed by atoms with Gasteiger partial charge >= 0.3 is 0 Å². The maximum absolute atomic E-state index is 9.16. The van der Waals surface area contributed by atoms with Crippen LogP contribution in [0.1, 0.15) is 39.4 Å². The number of rotatable bonds is 9. The van der Waals surface area contributed by atoms with Gasteiger partial charge in [-0.15, -0.1) is 24.0 Å². The standard InChI is InChI=1S/C16H29N3O2.HI/c1-4-17-16(19-12-15-6-5-9-21-15)18-11-14(7-8-20)10-13(2)3;/h5-6,9,13-14,20H,4,7-8,10-12H2,1-3H3,(H2,17,18,19);1H. The smallest absolute Gasteiger partial charge is 0.191 e. The Labute approximate surface area is 151 Å². The molecule has 0 bridgehead atoms. The van der Waals surface area contributed by atoms with Crippen LogP contribution in [0.25, 0.3) is 0 Å². The van der Waals surface area contributed by atoms with Crippen molar-refractivity contribution in [2.75, 3.05) is 19.7 Å². The van der Waals surface area contributed by atoms with Crippen molar-refractivity contribution in [3.63, 3.8) is 0 Å². The summed E-state index contributed by atoms with van der Waals surface area (Å²) in [5, 5.41) is 15.8. The highest BCUT2D eigenvalue weighted by Gasteiger charge is 2.11. The fourth-order valence-electron chi connectivity index (χ4n) is 2.29. The van der Waals surface area contributed by atoms with Crippen molar-refractivity contribution in [3.05, 3.63) is 24.2 Å². The molecule has 1 aromatic heterocycles. The van der Waals surface area contributed by atoms with Crippen LogP contribution in [0, 0.1) is 11.8 Å². The van der Waals surface area contributed by atoms with Crippen LogP contribution in [-0.4, -0.2) is 30.8 Å². The Kier molecular flexibility index (Phi) is 12.3. The van der Waals surface area contributed by atoms with Gasteiger partial charge in [-0.1, -0.05) is 13.8 Å². The summed E-state index contributed by atoms with van der Waals surface area (Å²) in [7, 11) is 0. The molecule has 22 heavy (non-hydrogen) atoms. The van der Waals surface area contributed by atoms with E-state index < -0.39 is 0 Å². The van der Waals surface area contributed by atoms with E-state index in [1.54, 1.807) is 6.26 Å². The highest BCUT2D eigenvalue weighted by Crippen LogP contribution is 2.14. The Morgan fingerprint density at radius 3 is 2.68 bits per heavy atom. The maximum Gasteiger partial charge on any atom is 0.191 e. The first-order valence-electron chi connectivity index (χ1n) is 7.81. The maximum atomic E-state index is 9.16. The predicted molar refractivity (Wildman–Crippen MR) is 102 cm³/mol. The number of nitrogens with zero attached hydrogens (tertiary/aromatic N) is 1. The molecule has 0 radical (unpaired) electrons. The molecule has 0 aliphatic rings. The van der Waals surface area contributed by atoms with Gasteiger partial charge in [0.1, 0.15) is 12.3 Å². The van der Waals surface area contributed by atoms with Crippen molar-refractivity contribution in [2.24, 2.45) is 16.8 Å². The van der Waals surface area contributed by atoms with Crippen LogP contribution in [0.15, 0.2) is 27.8 Å². The predicted octanol–water partition coefficient (Wildman–Crippen LogP) is 3.00. The summed E-state index contributed by atoms with van der Waals surface area (Å²) < 4.78 is 5.28. The summed E-state index contributed by atoms with van der Waals surface area (Å²) in [5.74, 6) is 2.73. The minimum Gasteiger partial charge on any atom is -0.467 e. The lowest BCUT2D eigenvalue weighted by molar-refractivity contribution is 0.243. The van der Waals surface area contributed by atoms with Crippen molar-refractivity contribution >= 4 is 29.9 Å². The fraction of sp³-hybridized carbons (Fsp3) is 0.688. The first kappa shape index (κ1) is 21.2. The Morgan fingerprint density at radius 1 is 1.36 bits per heavy atom. The van der Waals surface area contributed by atoms with E-state index in [9.17, 15) is 0 Å². The zero-order chi connectivity index (χ0) is 15.5. The Morgan fingerprint density at radius 2 is 2.14 bits per heavy atom. The summed E-state index contributed by atoms with van der Waals surface area (Å²) >= 11 is 0. The van der Waals surface area contributed by atoms with Gasteiger partial charge in [-0.25, -0.2) is 4.99 Å². The number of aliphatic hydroxyl groups excluding tert-OH is 1. The second-order valence-electron chi connectivity index (χ2n) is 5.66. The van der Waals surface area contributed by atoms with Crippen molar-refractivity contribution in [1.82, 2.24) is 10.6 Å². The molecule has 0 fully saturated rings. The van der Waals surface area contributed by atoms with Crippen LogP contribution in [0.4, 0.5) is 0 Å². The average molecular weight is 423 g/mol. The SMILES string of the molecule is CCNC(=NCc1ccco1)NCC(CCO)CC(C)C.I. The highest BCUT2D eigenvalue weighted by atomic mass is 127. The van der Waals surface area contributed by atoms with Gasteiger partial charge in [0.25, 0.3) is 0 Å². The molecule has 6 heteroatoms. The zero-order valence-electron chi connectivity index (χ0n) is 13.8. The number of aliphatic hydroxyl groups is 1. The first-order valence-corrected chi connectivity index (χ1v) is 7.81. The molecule has 128 valence electrons. The van der Waals surface area contributed by atoms with E-state index in [4.69, 9.17) is 9.52 Å². The van der Waals surface area contributed by atoms with E-state index in [1.807, 2.05) is 19.1 Å². The van der Waals surface area contributed by atoms with Gasteiger partial charge in [0.05, 0.1) is 6.26 Å². The molecule has 0 aliphatic carbocycles. The summed E-state index contributed by atoms with van der Waals surface area (Å²) in [4.78, 5) is 4.51. The van der Waals surface area contributed by atoms with Gasteiger partial charge in [-0.2, -0.15) is 0 Å². The largest absolute Gasteiger partial charge is 0.467 e. The molecule has 0 saturated carbocycles. The van der Waals surface area contributed by atoms with E-state index in [1.165, 1.54) is 0 Å². The molecule has 1 unspecified atom stereocenters. The molecule has 0 spiro atoms. The lowest BCUT2D eigenvalue weighted by atomic mass is 9.94. The van der Waals surface area contributed by atoms with Crippen LogP contribution in [-0.2, 0) is 6.54 Å². The van der Waals surface area contributed by atoms with Crippen LogP contribution >= 0.6 is 24.0 Å². The topological polar surface area (TPSA) is 69.8 Å². The number of nitrogens with one attached hydrogen (secondary N) is 2. The molecule has 1 heterocycles. The fourth-order valence-corrected chi connectivity index (χ4v) is 2.29. The normalized spacial score (nSPS) is 12.9.